The molecule has 0 spiro atoms. The van der Waals surface area contributed by atoms with Gasteiger partial charge in [-0.25, -0.2) is 33.3 Å². The van der Waals surface area contributed by atoms with Gasteiger partial charge in [0.05, 0.1) is 25.9 Å². The minimum Gasteiger partial charge on any atom is -0.382 e. The normalized spacial score (nSPS) is 29.8. The first-order chi connectivity index (χ1) is 21.2. The van der Waals surface area contributed by atoms with E-state index in [0.717, 1.165) is 6.33 Å². The van der Waals surface area contributed by atoms with Crippen LogP contribution < -0.4 is 17.0 Å². The molecule has 0 bridgehead atoms. The van der Waals surface area contributed by atoms with E-state index in [1.165, 1.54) is 21.8 Å². The second-order valence-corrected chi connectivity index (χ2v) is 15.4. The molecule has 2 unspecified atom stereocenters. The van der Waals surface area contributed by atoms with Crippen molar-refractivity contribution in [1.29, 1.82) is 0 Å². The van der Waals surface area contributed by atoms with Gasteiger partial charge in [0, 0.05) is 6.42 Å². The Morgan fingerprint density at radius 3 is 2.53 bits per heavy atom. The summed E-state index contributed by atoms with van der Waals surface area (Å²) in [6, 6.07) is 0. The standard InChI is InChI=1S/C20H24F2N10O9P2S2/c21-7-1-10(31-5-28-13-17(31)29-20(24)30-18(13)33)39-8(7)2-38-43(36,45)41-14-9(3-37-42(34,35)44)40-19(11(14)22)32-6-27-12-15(23)25-4-26-16(12)32/h4-11,14,19H,1-3H2,(H,36,45)(H2,23,25,26)(H2,34,35,44)(H3,24,29,30,33)/t7-,8-,9-,10-,11+,14-,19-,43?/m1/s1. The molecule has 2 saturated heterocycles. The Kier molecular flexibility index (Phi) is 8.71. The van der Waals surface area contributed by atoms with Crippen molar-refractivity contribution in [3.8, 4) is 0 Å². The Morgan fingerprint density at radius 2 is 1.78 bits per heavy atom. The molecule has 2 fully saturated rings. The van der Waals surface area contributed by atoms with Gasteiger partial charge < -0.3 is 35.3 Å². The third-order valence-electron chi connectivity index (χ3n) is 6.91. The predicted molar refractivity (Wildman–Crippen MR) is 157 cm³/mol. The first-order valence-corrected chi connectivity index (χ1v) is 18.1. The van der Waals surface area contributed by atoms with Crippen LogP contribution >= 0.6 is 25.8 Å². The largest absolute Gasteiger partial charge is 0.383 e. The van der Waals surface area contributed by atoms with Gasteiger partial charge in [-0.1, -0.05) is 12.2 Å². The lowest BCUT2D eigenvalue weighted by Crippen LogP contribution is -2.34. The number of hydrogen-bond acceptors (Lipinski definition) is 15. The van der Waals surface area contributed by atoms with Crippen molar-refractivity contribution in [3.63, 3.8) is 0 Å². The number of nitrogens with two attached hydrogens (primary N) is 2. The van der Waals surface area contributed by atoms with E-state index >= 15 is 4.39 Å². The van der Waals surface area contributed by atoms with Crippen LogP contribution in [0.1, 0.15) is 18.9 Å². The molecular weight excluding hydrogens is 688 g/mol. The second-order valence-electron chi connectivity index (χ2n) is 9.87. The first kappa shape index (κ1) is 32.3. The Balaban J connectivity index is 1.16. The molecule has 2 aliphatic heterocycles. The number of alkyl halides is 2. The highest BCUT2D eigenvalue weighted by atomic mass is 32.7. The number of nitrogen functional groups attached to an aromatic ring is 2. The maximum Gasteiger partial charge on any atom is 0.383 e. The van der Waals surface area contributed by atoms with Gasteiger partial charge >= 0.3 is 13.5 Å². The minimum atomic E-state index is -4.35. The van der Waals surface area contributed by atoms with Gasteiger partial charge in [0.25, 0.3) is 5.56 Å². The van der Waals surface area contributed by atoms with Crippen molar-refractivity contribution in [2.45, 2.75) is 49.5 Å². The number of aromatic nitrogens is 8. The zero-order valence-electron chi connectivity index (χ0n) is 22.4. The van der Waals surface area contributed by atoms with Crippen LogP contribution in [-0.4, -0.2) is 92.7 Å². The number of rotatable bonds is 10. The van der Waals surface area contributed by atoms with Gasteiger partial charge in [-0.3, -0.25) is 28.0 Å². The van der Waals surface area contributed by atoms with E-state index < -0.39 is 75.4 Å². The number of anilines is 2. The molecule has 6 heterocycles. The second kappa shape index (κ2) is 12.2. The van der Waals surface area contributed by atoms with E-state index in [4.69, 9.17) is 46.3 Å². The summed E-state index contributed by atoms with van der Waals surface area (Å²) in [5, 5.41) is 0. The molecule has 244 valence electrons. The quantitative estimate of drug-likeness (QED) is 0.0974. The van der Waals surface area contributed by atoms with Crippen molar-refractivity contribution in [2.75, 3.05) is 24.7 Å². The fourth-order valence-electron chi connectivity index (χ4n) is 4.92. The molecule has 0 amide bonds. The summed E-state index contributed by atoms with van der Waals surface area (Å²) in [4.78, 5) is 54.6. The number of nitrogens with one attached hydrogen (secondary N) is 1. The van der Waals surface area contributed by atoms with Gasteiger partial charge in [0.1, 0.15) is 42.6 Å². The number of halogens is 2. The highest BCUT2D eigenvalue weighted by Crippen LogP contribution is 2.52. The molecule has 0 aromatic carbocycles. The molecule has 0 saturated carbocycles. The number of imidazole rings is 2. The fraction of sp³-hybridized carbons (Fsp3) is 0.500. The molecule has 0 radical (unpaired) electrons. The molecule has 4 aromatic rings. The number of thiol groups is 1. The number of aromatic amines is 1. The predicted octanol–water partition coefficient (Wildman–Crippen LogP) is 0.650. The van der Waals surface area contributed by atoms with Crippen molar-refractivity contribution in [3.05, 3.63) is 29.3 Å². The maximum atomic E-state index is 15.9. The number of hydrogen-bond donors (Lipinski definition) is 6. The Hall–Kier alpha value is -2.69. The number of ether oxygens (including phenoxy) is 2. The van der Waals surface area contributed by atoms with Crippen LogP contribution in [0.15, 0.2) is 23.8 Å². The Morgan fingerprint density at radius 1 is 1.07 bits per heavy atom. The molecule has 9 atom stereocenters. The van der Waals surface area contributed by atoms with Crippen molar-refractivity contribution in [2.24, 2.45) is 0 Å². The molecule has 2 aliphatic rings. The van der Waals surface area contributed by atoms with Crippen molar-refractivity contribution >= 4 is 71.7 Å². The van der Waals surface area contributed by atoms with Crippen molar-refractivity contribution in [1.82, 2.24) is 39.0 Å². The summed E-state index contributed by atoms with van der Waals surface area (Å²) < 4.78 is 72.1. The summed E-state index contributed by atoms with van der Waals surface area (Å²) >= 11 is 8.52. The third kappa shape index (κ3) is 6.60. The zero-order chi connectivity index (χ0) is 32.3. The van der Waals surface area contributed by atoms with Gasteiger partial charge in [0.15, 0.2) is 35.0 Å². The summed E-state index contributed by atoms with van der Waals surface area (Å²) in [6.07, 6.45) is -7.25. The summed E-state index contributed by atoms with van der Waals surface area (Å²) in [6.45, 7) is -10.0. The molecule has 45 heavy (non-hydrogen) atoms. The van der Waals surface area contributed by atoms with Crippen molar-refractivity contribution < 1.29 is 46.2 Å². The molecule has 7 N–H and O–H groups in total. The van der Waals surface area contributed by atoms with Gasteiger partial charge in [0.2, 0.25) is 5.95 Å². The summed E-state index contributed by atoms with van der Waals surface area (Å²) in [5.41, 5.74) is 11.1. The fourth-order valence-corrected chi connectivity index (χ4v) is 6.90. The van der Waals surface area contributed by atoms with Gasteiger partial charge in [-0.2, -0.15) is 4.98 Å². The van der Waals surface area contributed by atoms with E-state index in [0.29, 0.717) is 0 Å². The van der Waals surface area contributed by atoms with Gasteiger partial charge in [-0.05, 0) is 11.8 Å². The molecule has 19 nitrogen and oxygen atoms in total. The molecule has 4 aromatic heterocycles. The summed E-state index contributed by atoms with van der Waals surface area (Å²) in [7, 11) is 0. The number of H-pyrrole nitrogens is 1. The average Bonchev–Trinajstić information content (AvgIpc) is 3.72. The summed E-state index contributed by atoms with van der Waals surface area (Å²) in [5.74, 6) is -0.155. The van der Waals surface area contributed by atoms with Crippen LogP contribution in [0, 0.1) is 0 Å². The lowest BCUT2D eigenvalue weighted by molar-refractivity contribution is -0.0448. The maximum absolute atomic E-state index is 15.9. The molecule has 0 aliphatic carbocycles. The zero-order valence-corrected chi connectivity index (χ0v) is 25.9. The lowest BCUT2D eigenvalue weighted by Gasteiger charge is -2.25. The van der Waals surface area contributed by atoms with E-state index in [9.17, 15) is 23.5 Å². The first-order valence-electron chi connectivity index (χ1n) is 12.8. The SMILES string of the molecule is Nc1nc2c(ncn2[C@H]2C[C@@H](F)[C@@H](COP(O)(=S)O[C@H]3[C@H](F)[C@H](n4cnc5c(N)ncnc54)O[C@@H]3COP(=O)(O)S)O2)c(=O)[nH]1. The van der Waals surface area contributed by atoms with E-state index in [-0.39, 0.29) is 40.5 Å². The smallest absolute Gasteiger partial charge is 0.382 e. The Bertz CT molecular complexity index is 1890. The van der Waals surface area contributed by atoms with Crippen LogP contribution in [-0.2, 0) is 39.4 Å². The van der Waals surface area contributed by atoms with Crippen LogP contribution in [0.3, 0.4) is 0 Å². The third-order valence-corrected chi connectivity index (χ3v) is 9.31. The van der Waals surface area contributed by atoms with E-state index in [1.807, 2.05) is 0 Å². The lowest BCUT2D eigenvalue weighted by atomic mass is 10.1. The Labute approximate surface area is 260 Å². The number of fused-ring (bicyclic) bond motifs is 2. The molecule has 25 heteroatoms. The molecule has 6 rings (SSSR count). The van der Waals surface area contributed by atoms with E-state index in [2.05, 4.69) is 42.2 Å². The van der Waals surface area contributed by atoms with Crippen LogP contribution in [0.25, 0.3) is 22.3 Å². The average molecular weight is 713 g/mol. The van der Waals surface area contributed by atoms with Crippen LogP contribution in [0.2, 0.25) is 0 Å². The topological polar surface area (TPSA) is 263 Å². The van der Waals surface area contributed by atoms with E-state index in [1.54, 1.807) is 0 Å². The van der Waals surface area contributed by atoms with Gasteiger partial charge in [-0.15, -0.1) is 0 Å². The monoisotopic (exact) mass is 712 g/mol. The molecular formula is C20H24F2N10O9P2S2. The minimum absolute atomic E-state index is 0.0215. The van der Waals surface area contributed by atoms with Crippen LogP contribution in [0.5, 0.6) is 0 Å². The van der Waals surface area contributed by atoms with Crippen LogP contribution in [0.4, 0.5) is 20.5 Å². The highest BCUT2D eigenvalue weighted by molar-refractivity contribution is 8.44. The number of nitrogens with zero attached hydrogens (tertiary/aromatic N) is 7. The highest BCUT2D eigenvalue weighted by Gasteiger charge is 2.50.